The number of rotatable bonds is 8. The fourth-order valence-corrected chi connectivity index (χ4v) is 3.25. The molecule has 3 rings (SSSR count). The van der Waals surface area contributed by atoms with E-state index in [-0.39, 0.29) is 11.7 Å². The van der Waals surface area contributed by atoms with Crippen molar-refractivity contribution in [3.8, 4) is 0 Å². The summed E-state index contributed by atoms with van der Waals surface area (Å²) in [6.45, 7) is 6.21. The van der Waals surface area contributed by atoms with Gasteiger partial charge in [-0.1, -0.05) is 54.6 Å². The van der Waals surface area contributed by atoms with Crippen LogP contribution >= 0.6 is 0 Å². The Bertz CT molecular complexity index is 753. The number of carbonyl (C=O) groups is 1. The number of amides is 1. The van der Waals surface area contributed by atoms with Crippen LogP contribution in [0.15, 0.2) is 60.7 Å². The first-order valence-corrected chi connectivity index (χ1v) is 9.86. The van der Waals surface area contributed by atoms with Crippen molar-refractivity contribution in [2.45, 2.75) is 13.0 Å². The molecule has 1 saturated heterocycles. The molecule has 2 aromatic carbocycles. The Hall–Kier alpha value is -2.50. The molecule has 2 aromatic rings. The molecule has 0 unspecified atom stereocenters. The van der Waals surface area contributed by atoms with Crippen molar-refractivity contribution in [1.82, 2.24) is 15.1 Å². The third-order valence-corrected chi connectivity index (χ3v) is 5.00. The molecule has 0 radical (unpaired) electrons. The maximum atomic E-state index is 12.9. The lowest BCUT2D eigenvalue weighted by Crippen LogP contribution is -2.47. The van der Waals surface area contributed by atoms with E-state index in [1.807, 2.05) is 18.2 Å². The summed E-state index contributed by atoms with van der Waals surface area (Å²) in [5.41, 5.74) is 2.14. The first kappa shape index (κ1) is 20.2. The van der Waals surface area contributed by atoms with Crippen molar-refractivity contribution < 1.29 is 9.18 Å². The van der Waals surface area contributed by atoms with Gasteiger partial charge < -0.3 is 10.2 Å². The number of hydrogen-bond acceptors (Lipinski definition) is 3. The summed E-state index contributed by atoms with van der Waals surface area (Å²) in [6, 6.07) is 16.6. The molecule has 1 heterocycles. The van der Waals surface area contributed by atoms with Gasteiger partial charge >= 0.3 is 0 Å². The SMILES string of the molecule is O=C(CCN1CCN(C/C=C/c2ccccc2)CC1)NCc1ccc(F)cc1. The molecule has 0 saturated carbocycles. The number of halogens is 1. The average molecular weight is 381 g/mol. The van der Waals surface area contributed by atoms with E-state index in [0.717, 1.165) is 44.8 Å². The summed E-state index contributed by atoms with van der Waals surface area (Å²) >= 11 is 0. The number of nitrogens with zero attached hydrogens (tertiary/aromatic N) is 2. The molecular weight excluding hydrogens is 353 g/mol. The van der Waals surface area contributed by atoms with E-state index in [1.165, 1.54) is 17.7 Å². The fourth-order valence-electron chi connectivity index (χ4n) is 3.25. The van der Waals surface area contributed by atoms with E-state index in [9.17, 15) is 9.18 Å². The first-order valence-electron chi connectivity index (χ1n) is 9.86. The molecule has 1 aliphatic rings. The van der Waals surface area contributed by atoms with Gasteiger partial charge in [0.25, 0.3) is 0 Å². The Balaban J connectivity index is 1.29. The van der Waals surface area contributed by atoms with E-state index < -0.39 is 0 Å². The standard InChI is InChI=1S/C23H28FN3O/c24-22-10-8-21(9-11-22)19-25-23(28)12-14-27-17-15-26(16-18-27)13-4-7-20-5-2-1-3-6-20/h1-11H,12-19H2,(H,25,28)/b7-4+. The molecule has 1 amide bonds. The molecule has 0 atom stereocenters. The highest BCUT2D eigenvalue weighted by Crippen LogP contribution is 2.06. The highest BCUT2D eigenvalue weighted by Gasteiger charge is 2.16. The smallest absolute Gasteiger partial charge is 0.221 e. The van der Waals surface area contributed by atoms with Crippen LogP contribution in [-0.2, 0) is 11.3 Å². The minimum Gasteiger partial charge on any atom is -0.352 e. The lowest BCUT2D eigenvalue weighted by Gasteiger charge is -2.34. The maximum Gasteiger partial charge on any atom is 0.221 e. The van der Waals surface area contributed by atoms with Crippen molar-refractivity contribution in [2.75, 3.05) is 39.3 Å². The first-order chi connectivity index (χ1) is 13.7. The summed E-state index contributed by atoms with van der Waals surface area (Å²) in [4.78, 5) is 16.8. The molecule has 0 aromatic heterocycles. The van der Waals surface area contributed by atoms with Gasteiger partial charge in [0.15, 0.2) is 0 Å². The molecule has 28 heavy (non-hydrogen) atoms. The number of hydrogen-bond donors (Lipinski definition) is 1. The van der Waals surface area contributed by atoms with Gasteiger partial charge in [0.1, 0.15) is 5.82 Å². The second kappa shape index (κ2) is 10.7. The van der Waals surface area contributed by atoms with Gasteiger partial charge in [-0.2, -0.15) is 0 Å². The van der Waals surface area contributed by atoms with Crippen LogP contribution < -0.4 is 5.32 Å². The summed E-state index contributed by atoms with van der Waals surface area (Å²) < 4.78 is 12.9. The van der Waals surface area contributed by atoms with Crippen molar-refractivity contribution in [3.63, 3.8) is 0 Å². The zero-order chi connectivity index (χ0) is 19.6. The second-order valence-electron chi connectivity index (χ2n) is 7.11. The van der Waals surface area contributed by atoms with E-state index in [1.54, 1.807) is 12.1 Å². The van der Waals surface area contributed by atoms with Crippen LogP contribution in [0.25, 0.3) is 6.08 Å². The Kier molecular flexibility index (Phi) is 7.76. The topological polar surface area (TPSA) is 35.6 Å². The largest absolute Gasteiger partial charge is 0.352 e. The molecule has 148 valence electrons. The summed E-state index contributed by atoms with van der Waals surface area (Å²) in [5, 5.41) is 2.90. The average Bonchev–Trinajstić information content (AvgIpc) is 2.73. The van der Waals surface area contributed by atoms with Crippen LogP contribution in [0.1, 0.15) is 17.5 Å². The monoisotopic (exact) mass is 381 g/mol. The van der Waals surface area contributed by atoms with Crippen LogP contribution in [-0.4, -0.2) is 55.0 Å². The van der Waals surface area contributed by atoms with Gasteiger partial charge in [-0.05, 0) is 23.3 Å². The Morgan fingerprint density at radius 2 is 1.64 bits per heavy atom. The van der Waals surface area contributed by atoms with Crippen LogP contribution in [0.5, 0.6) is 0 Å². The highest BCUT2D eigenvalue weighted by atomic mass is 19.1. The van der Waals surface area contributed by atoms with Crippen molar-refractivity contribution in [3.05, 3.63) is 77.6 Å². The Labute approximate surface area is 166 Å². The Morgan fingerprint density at radius 1 is 0.964 bits per heavy atom. The molecule has 1 aliphatic heterocycles. The predicted octanol–water partition coefficient (Wildman–Crippen LogP) is 3.16. The van der Waals surface area contributed by atoms with Gasteiger partial charge in [-0.3, -0.25) is 9.69 Å². The fraction of sp³-hybridized carbons (Fsp3) is 0.348. The summed E-state index contributed by atoms with van der Waals surface area (Å²) in [5.74, 6) is -0.220. The highest BCUT2D eigenvalue weighted by molar-refractivity contribution is 5.76. The van der Waals surface area contributed by atoms with E-state index >= 15 is 0 Å². The molecule has 0 bridgehead atoms. The predicted molar refractivity (Wildman–Crippen MR) is 111 cm³/mol. The van der Waals surface area contributed by atoms with Gasteiger partial charge in [0.2, 0.25) is 5.91 Å². The minimum absolute atomic E-state index is 0.0394. The van der Waals surface area contributed by atoms with Gasteiger partial charge in [-0.15, -0.1) is 0 Å². The quantitative estimate of drug-likeness (QED) is 0.763. The number of nitrogens with one attached hydrogen (secondary N) is 1. The zero-order valence-corrected chi connectivity index (χ0v) is 16.2. The maximum absolute atomic E-state index is 12.9. The third kappa shape index (κ3) is 6.91. The molecule has 4 nitrogen and oxygen atoms in total. The van der Waals surface area contributed by atoms with E-state index in [2.05, 4.69) is 39.4 Å². The summed E-state index contributed by atoms with van der Waals surface area (Å²) in [7, 11) is 0. The Morgan fingerprint density at radius 3 is 2.36 bits per heavy atom. The number of benzene rings is 2. The van der Waals surface area contributed by atoms with Crippen LogP contribution in [0.2, 0.25) is 0 Å². The zero-order valence-electron chi connectivity index (χ0n) is 16.2. The van der Waals surface area contributed by atoms with Crippen LogP contribution in [0, 0.1) is 5.82 Å². The second-order valence-corrected chi connectivity index (χ2v) is 7.11. The van der Waals surface area contributed by atoms with Gasteiger partial charge in [-0.25, -0.2) is 4.39 Å². The lowest BCUT2D eigenvalue weighted by molar-refractivity contribution is -0.121. The molecule has 1 N–H and O–H groups in total. The van der Waals surface area contributed by atoms with E-state index in [4.69, 9.17) is 0 Å². The normalized spacial score (nSPS) is 15.8. The number of piperazine rings is 1. The van der Waals surface area contributed by atoms with Gasteiger partial charge in [0.05, 0.1) is 0 Å². The van der Waals surface area contributed by atoms with Crippen LogP contribution in [0.4, 0.5) is 4.39 Å². The van der Waals surface area contributed by atoms with Crippen molar-refractivity contribution >= 4 is 12.0 Å². The molecule has 5 heteroatoms. The summed E-state index contributed by atoms with van der Waals surface area (Å²) in [6.07, 6.45) is 4.88. The number of carbonyl (C=O) groups excluding carboxylic acids is 1. The molecule has 1 fully saturated rings. The molecule has 0 aliphatic carbocycles. The van der Waals surface area contributed by atoms with Crippen molar-refractivity contribution in [2.24, 2.45) is 0 Å². The van der Waals surface area contributed by atoms with E-state index in [0.29, 0.717) is 13.0 Å². The van der Waals surface area contributed by atoms with Gasteiger partial charge in [0, 0.05) is 52.2 Å². The third-order valence-electron chi connectivity index (χ3n) is 5.00. The molecule has 0 spiro atoms. The van der Waals surface area contributed by atoms with Crippen LogP contribution in [0.3, 0.4) is 0 Å². The minimum atomic E-state index is -0.259. The molecular formula is C23H28FN3O. The lowest BCUT2D eigenvalue weighted by atomic mass is 10.2. The van der Waals surface area contributed by atoms with Crippen molar-refractivity contribution in [1.29, 1.82) is 0 Å².